The summed E-state index contributed by atoms with van der Waals surface area (Å²) < 4.78 is 7.63. The Morgan fingerprint density at radius 3 is 2.42 bits per heavy atom. The molecule has 0 aliphatic heterocycles. The second-order valence-corrected chi connectivity index (χ2v) is 12.6. The largest absolute Gasteiger partial charge is 0.481 e. The molecule has 8 nitrogen and oxygen atoms in total. The van der Waals surface area contributed by atoms with Crippen LogP contribution in [-0.2, 0) is 20.7 Å². The highest BCUT2D eigenvalue weighted by Gasteiger charge is 2.70. The number of carboxylic acid groups (broad SMARTS) is 1. The van der Waals surface area contributed by atoms with Crippen molar-refractivity contribution >= 4 is 18.0 Å². The molecule has 8 unspecified atom stereocenters. The van der Waals surface area contributed by atoms with Crippen molar-refractivity contribution in [3.8, 4) is 5.69 Å². The van der Waals surface area contributed by atoms with Crippen molar-refractivity contribution < 1.29 is 29.6 Å². The van der Waals surface area contributed by atoms with E-state index >= 15 is 0 Å². The number of hydrogen-bond donors (Lipinski definition) is 3. The van der Waals surface area contributed by atoms with Gasteiger partial charge in [-0.25, -0.2) is 4.68 Å². The molecule has 4 aliphatic rings. The van der Waals surface area contributed by atoms with Gasteiger partial charge in [0.25, 0.3) is 5.97 Å². The van der Waals surface area contributed by atoms with Gasteiger partial charge in [-0.05, 0) is 67.4 Å². The van der Waals surface area contributed by atoms with Gasteiger partial charge in [-0.15, -0.1) is 0 Å². The maximum Gasteiger partial charge on any atom is 0.305 e. The van der Waals surface area contributed by atoms with Crippen LogP contribution >= 0.6 is 0 Å². The van der Waals surface area contributed by atoms with Crippen LogP contribution in [0.5, 0.6) is 0 Å². The van der Waals surface area contributed by atoms with E-state index in [0.29, 0.717) is 6.42 Å². The predicted octanol–water partition coefficient (Wildman–Crippen LogP) is 4.78. The summed E-state index contributed by atoms with van der Waals surface area (Å²) in [5.74, 6) is -2.91. The maximum absolute atomic E-state index is 12.0. The van der Waals surface area contributed by atoms with Gasteiger partial charge < -0.3 is 20.1 Å². The highest BCUT2D eigenvalue weighted by Crippen LogP contribution is 2.68. The summed E-state index contributed by atoms with van der Waals surface area (Å²) in [6.07, 6.45) is 7.89. The van der Waals surface area contributed by atoms with Crippen molar-refractivity contribution in [1.82, 2.24) is 9.78 Å². The Kier molecular flexibility index (Phi) is 6.86. The van der Waals surface area contributed by atoms with Crippen molar-refractivity contribution in [2.24, 2.45) is 34.5 Å². The summed E-state index contributed by atoms with van der Waals surface area (Å²) >= 11 is 0. The number of aliphatic hydroxyl groups excluding tert-OH is 1. The zero-order chi connectivity index (χ0) is 29.2. The Morgan fingerprint density at radius 2 is 1.80 bits per heavy atom. The number of carbonyl (C=O) groups is 2. The lowest BCUT2D eigenvalue weighted by Crippen LogP contribution is -2.61. The number of allylic oxidation sites excluding steroid dienone is 3. The minimum Gasteiger partial charge on any atom is -0.481 e. The molecular formula is C32H40N2O6. The number of aromatic nitrogens is 2. The van der Waals surface area contributed by atoms with E-state index in [9.17, 15) is 15.0 Å². The zero-order valence-electron chi connectivity index (χ0n) is 24.1. The molecule has 0 spiro atoms. The molecule has 1 aromatic carbocycles. The van der Waals surface area contributed by atoms with Crippen LogP contribution in [0.4, 0.5) is 0 Å². The number of esters is 1. The topological polar surface area (TPSA) is 122 Å². The number of carbonyl (C=O) groups excluding carboxylic acids is 1. The van der Waals surface area contributed by atoms with E-state index in [-0.39, 0.29) is 29.1 Å². The molecule has 2 fully saturated rings. The number of benzene rings is 1. The van der Waals surface area contributed by atoms with Crippen LogP contribution in [0.2, 0.25) is 0 Å². The van der Waals surface area contributed by atoms with Crippen molar-refractivity contribution in [1.29, 1.82) is 0 Å². The van der Waals surface area contributed by atoms with Gasteiger partial charge in [0.1, 0.15) is 0 Å². The van der Waals surface area contributed by atoms with Crippen LogP contribution < -0.4 is 0 Å². The highest BCUT2D eigenvalue weighted by atomic mass is 16.7. The summed E-state index contributed by atoms with van der Waals surface area (Å²) in [5.41, 5.74) is 4.84. The summed E-state index contributed by atoms with van der Waals surface area (Å²) in [6, 6.07) is 10.2. The fraction of sp³-hybridized carbons (Fsp3) is 0.531. The molecule has 2 saturated carbocycles. The summed E-state index contributed by atoms with van der Waals surface area (Å²) in [7, 11) is 0. The van der Waals surface area contributed by atoms with Crippen molar-refractivity contribution in [2.75, 3.05) is 0 Å². The Morgan fingerprint density at radius 1 is 1.15 bits per heavy atom. The molecule has 40 heavy (non-hydrogen) atoms. The molecule has 6 rings (SSSR count). The molecule has 214 valence electrons. The first kappa shape index (κ1) is 28.3. The molecule has 0 bridgehead atoms. The van der Waals surface area contributed by atoms with Gasteiger partial charge in [-0.3, -0.25) is 9.59 Å². The van der Waals surface area contributed by atoms with Crippen molar-refractivity contribution in [2.45, 2.75) is 72.7 Å². The maximum atomic E-state index is 12.0. The van der Waals surface area contributed by atoms with Gasteiger partial charge in [0, 0.05) is 36.5 Å². The molecule has 0 saturated heterocycles. The lowest BCUT2D eigenvalue weighted by molar-refractivity contribution is -0.283. The summed E-state index contributed by atoms with van der Waals surface area (Å²) in [6.45, 7) is 10.9. The molecular weight excluding hydrogens is 508 g/mol. The monoisotopic (exact) mass is 548 g/mol. The average Bonchev–Trinajstić information content (AvgIpc) is 3.34. The average molecular weight is 549 g/mol. The molecule has 0 amide bonds. The normalized spacial score (nSPS) is 37.4. The second-order valence-electron chi connectivity index (χ2n) is 12.6. The van der Waals surface area contributed by atoms with Gasteiger partial charge in [0.05, 0.1) is 23.7 Å². The lowest BCUT2D eigenvalue weighted by Gasteiger charge is -2.59. The van der Waals surface area contributed by atoms with Gasteiger partial charge in [-0.2, -0.15) is 5.10 Å². The van der Waals surface area contributed by atoms with Gasteiger partial charge in [0.2, 0.25) is 5.79 Å². The molecule has 3 N–H and O–H groups in total. The third-order valence-electron chi connectivity index (χ3n) is 10.1. The Hall–Kier alpha value is -3.23. The quantitative estimate of drug-likeness (QED) is 0.365. The van der Waals surface area contributed by atoms with Crippen molar-refractivity contribution in [3.63, 3.8) is 0 Å². The van der Waals surface area contributed by atoms with Crippen LogP contribution in [0, 0.1) is 34.5 Å². The van der Waals surface area contributed by atoms with E-state index in [0.717, 1.165) is 31.1 Å². The predicted molar refractivity (Wildman–Crippen MR) is 150 cm³/mol. The third kappa shape index (κ3) is 4.15. The van der Waals surface area contributed by atoms with Crippen LogP contribution in [0.3, 0.4) is 0 Å². The van der Waals surface area contributed by atoms with Crippen LogP contribution in [0.25, 0.3) is 11.8 Å². The number of aliphatic carboxylic acids is 1. The number of para-hydroxylation sites is 1. The fourth-order valence-corrected chi connectivity index (χ4v) is 8.57. The standard InChI is InChI=1S/C30H36N2O4.C2H4O2/c1-17-11-22-24-12-18(2)30(35,36-19(3)33)29(24,5)15-26(34)27(22)28(4)14-20-16-31-32(25(20)13-23(17)28)21-9-7-6-8-10-21;1-2(3)4/h6-11,13,16,18,22,24,26-27,34-35H,12,14-15H2,1-5H3;1H3,(H,3,4). The minimum absolute atomic E-state index is 0.00521. The van der Waals surface area contributed by atoms with E-state index in [4.69, 9.17) is 19.7 Å². The van der Waals surface area contributed by atoms with Crippen molar-refractivity contribution in [3.05, 3.63) is 65.0 Å². The molecule has 8 atom stereocenters. The van der Waals surface area contributed by atoms with E-state index in [1.165, 1.54) is 23.6 Å². The van der Waals surface area contributed by atoms with E-state index < -0.39 is 29.2 Å². The molecule has 1 heterocycles. The number of carboxylic acids is 1. The number of ether oxygens (including phenoxy) is 1. The van der Waals surface area contributed by atoms with E-state index in [1.54, 1.807) is 0 Å². The number of fused-ring (bicyclic) bond motifs is 6. The third-order valence-corrected chi connectivity index (χ3v) is 10.1. The zero-order valence-corrected chi connectivity index (χ0v) is 24.1. The SMILES string of the molecule is CC(=O)O.CC(=O)OC1(O)C(C)CC2C3C=C(C)C4=Cc5c(cnn5-c5ccccc5)CC4(C)C3C(O)CC21C. The van der Waals surface area contributed by atoms with E-state index in [1.807, 2.05) is 42.9 Å². The van der Waals surface area contributed by atoms with Crippen LogP contribution in [0.1, 0.15) is 65.6 Å². The van der Waals surface area contributed by atoms with Gasteiger partial charge in [0.15, 0.2) is 0 Å². The van der Waals surface area contributed by atoms with Gasteiger partial charge >= 0.3 is 5.97 Å². The molecule has 1 aromatic heterocycles. The number of hydrogen-bond acceptors (Lipinski definition) is 6. The first-order valence-corrected chi connectivity index (χ1v) is 14.1. The first-order valence-electron chi connectivity index (χ1n) is 14.1. The Balaban J connectivity index is 0.000000758. The minimum atomic E-state index is -1.58. The molecule has 2 aromatic rings. The van der Waals surface area contributed by atoms with E-state index in [2.05, 4.69) is 38.1 Å². The summed E-state index contributed by atoms with van der Waals surface area (Å²) in [5, 5.41) is 35.6. The first-order chi connectivity index (χ1) is 18.7. The van der Waals surface area contributed by atoms with Crippen LogP contribution in [0.15, 0.2) is 53.8 Å². The molecule has 4 aliphatic carbocycles. The Labute approximate surface area is 235 Å². The number of rotatable bonds is 2. The smallest absolute Gasteiger partial charge is 0.305 e. The van der Waals surface area contributed by atoms with Crippen LogP contribution in [-0.4, -0.2) is 48.9 Å². The molecule has 8 heteroatoms. The highest BCUT2D eigenvalue weighted by molar-refractivity contribution is 5.67. The second kappa shape index (κ2) is 9.70. The number of nitrogens with zero attached hydrogens (tertiary/aromatic N) is 2. The number of aliphatic hydroxyl groups is 2. The Bertz CT molecular complexity index is 1390. The summed E-state index contributed by atoms with van der Waals surface area (Å²) in [4.78, 5) is 21.0. The fourth-order valence-electron chi connectivity index (χ4n) is 8.57. The molecule has 0 radical (unpaired) electrons. The lowest BCUT2D eigenvalue weighted by atomic mass is 9.47. The van der Waals surface area contributed by atoms with Gasteiger partial charge in [-0.1, -0.05) is 50.6 Å².